The molecule has 0 atom stereocenters. The molecule has 0 fully saturated rings. The Morgan fingerprint density at radius 1 is 1.28 bits per heavy atom. The van der Waals surface area contributed by atoms with Crippen LogP contribution in [0, 0.1) is 25.5 Å². The van der Waals surface area contributed by atoms with Crippen molar-refractivity contribution >= 4 is 22.7 Å². The summed E-state index contributed by atoms with van der Waals surface area (Å²) in [6.45, 7) is 4.48. The van der Waals surface area contributed by atoms with Crippen molar-refractivity contribution in [3.8, 4) is 0 Å². The van der Waals surface area contributed by atoms with Crippen LogP contribution < -0.4 is 11.1 Å². The largest absolute Gasteiger partial charge is 0.397 e. The Kier molecular flexibility index (Phi) is 3.52. The lowest BCUT2D eigenvalue weighted by Crippen LogP contribution is -2.05. The third-order valence-electron chi connectivity index (χ3n) is 2.78. The van der Waals surface area contributed by atoms with Gasteiger partial charge in [0.25, 0.3) is 0 Å². The molecule has 0 saturated heterocycles. The van der Waals surface area contributed by atoms with E-state index in [-0.39, 0.29) is 11.4 Å². The highest BCUT2D eigenvalue weighted by molar-refractivity contribution is 7.12. The minimum absolute atomic E-state index is 0.0266. The van der Waals surface area contributed by atoms with Crippen LogP contribution in [0.4, 0.5) is 20.2 Å². The predicted molar refractivity (Wildman–Crippen MR) is 71.9 cm³/mol. The Hall–Kier alpha value is -1.62. The molecule has 0 spiro atoms. The lowest BCUT2D eigenvalue weighted by Gasteiger charge is -2.09. The number of thiophene rings is 1. The Balaban J connectivity index is 2.18. The van der Waals surface area contributed by atoms with E-state index < -0.39 is 11.6 Å². The Morgan fingerprint density at radius 3 is 2.61 bits per heavy atom. The van der Waals surface area contributed by atoms with E-state index in [1.807, 2.05) is 19.9 Å². The highest BCUT2D eigenvalue weighted by Gasteiger charge is 2.12. The van der Waals surface area contributed by atoms with Gasteiger partial charge in [-0.15, -0.1) is 11.3 Å². The molecule has 96 valence electrons. The van der Waals surface area contributed by atoms with Crippen molar-refractivity contribution in [2.24, 2.45) is 0 Å². The van der Waals surface area contributed by atoms with Crippen LogP contribution >= 0.6 is 11.3 Å². The average molecular weight is 268 g/mol. The highest BCUT2D eigenvalue weighted by Crippen LogP contribution is 2.27. The fraction of sp³-hybridized carbons (Fsp3) is 0.231. The van der Waals surface area contributed by atoms with Gasteiger partial charge in [-0.05, 0) is 37.6 Å². The molecular weight excluding hydrogens is 254 g/mol. The molecule has 0 saturated carbocycles. The van der Waals surface area contributed by atoms with Gasteiger partial charge in [0, 0.05) is 16.3 Å². The number of hydrogen-bond acceptors (Lipinski definition) is 3. The molecule has 2 rings (SSSR count). The lowest BCUT2D eigenvalue weighted by molar-refractivity contribution is 0.511. The van der Waals surface area contributed by atoms with Gasteiger partial charge >= 0.3 is 0 Å². The molecule has 1 aromatic carbocycles. The SMILES string of the molecule is Cc1cc(CNc2c(N)ccc(F)c2F)sc1C. The van der Waals surface area contributed by atoms with Gasteiger partial charge in [-0.2, -0.15) is 0 Å². The van der Waals surface area contributed by atoms with E-state index in [0.717, 1.165) is 10.9 Å². The molecule has 5 heteroatoms. The van der Waals surface area contributed by atoms with Crippen LogP contribution in [-0.4, -0.2) is 0 Å². The first-order valence-electron chi connectivity index (χ1n) is 5.52. The zero-order valence-electron chi connectivity index (χ0n) is 10.2. The van der Waals surface area contributed by atoms with Crippen molar-refractivity contribution in [2.45, 2.75) is 20.4 Å². The van der Waals surface area contributed by atoms with Crippen LogP contribution in [0.3, 0.4) is 0 Å². The molecule has 2 aromatic rings. The van der Waals surface area contributed by atoms with Crippen molar-refractivity contribution in [3.05, 3.63) is 45.2 Å². The first-order chi connectivity index (χ1) is 8.49. The van der Waals surface area contributed by atoms with Gasteiger partial charge in [0.2, 0.25) is 0 Å². The van der Waals surface area contributed by atoms with Gasteiger partial charge in [-0.1, -0.05) is 0 Å². The summed E-state index contributed by atoms with van der Waals surface area (Å²) in [6, 6.07) is 4.40. The normalized spacial score (nSPS) is 10.7. The summed E-state index contributed by atoms with van der Waals surface area (Å²) >= 11 is 1.63. The molecule has 0 unspecified atom stereocenters. The highest BCUT2D eigenvalue weighted by atomic mass is 32.1. The number of anilines is 2. The summed E-state index contributed by atoms with van der Waals surface area (Å²) in [5.41, 5.74) is 7.06. The van der Waals surface area contributed by atoms with Crippen molar-refractivity contribution in [2.75, 3.05) is 11.1 Å². The van der Waals surface area contributed by atoms with Crippen LogP contribution in [0.1, 0.15) is 15.3 Å². The molecule has 0 bridgehead atoms. The summed E-state index contributed by atoms with van der Waals surface area (Å²) in [6.07, 6.45) is 0. The first-order valence-corrected chi connectivity index (χ1v) is 6.34. The number of nitrogen functional groups attached to an aromatic ring is 1. The smallest absolute Gasteiger partial charge is 0.183 e. The number of rotatable bonds is 3. The van der Waals surface area contributed by atoms with E-state index in [1.165, 1.54) is 16.5 Å². The molecular formula is C13H14F2N2S. The van der Waals surface area contributed by atoms with Gasteiger partial charge in [0.1, 0.15) is 0 Å². The minimum atomic E-state index is -0.931. The maximum atomic E-state index is 13.5. The second-order valence-corrected chi connectivity index (χ2v) is 5.47. The third-order valence-corrected chi connectivity index (χ3v) is 3.94. The van der Waals surface area contributed by atoms with Crippen LogP contribution in [0.2, 0.25) is 0 Å². The van der Waals surface area contributed by atoms with Crippen molar-refractivity contribution in [1.29, 1.82) is 0 Å². The number of nitrogens with two attached hydrogens (primary N) is 1. The zero-order chi connectivity index (χ0) is 13.3. The van der Waals surface area contributed by atoms with Gasteiger partial charge in [-0.25, -0.2) is 8.78 Å². The lowest BCUT2D eigenvalue weighted by atomic mass is 10.2. The van der Waals surface area contributed by atoms with E-state index in [1.54, 1.807) is 11.3 Å². The number of benzene rings is 1. The number of halogens is 2. The first kappa shape index (κ1) is 12.8. The van der Waals surface area contributed by atoms with E-state index in [4.69, 9.17) is 5.73 Å². The van der Waals surface area contributed by atoms with Gasteiger partial charge in [-0.3, -0.25) is 0 Å². The van der Waals surface area contributed by atoms with E-state index in [9.17, 15) is 8.78 Å². The molecule has 3 N–H and O–H groups in total. The molecule has 0 aliphatic carbocycles. The van der Waals surface area contributed by atoms with Crippen LogP contribution in [0.25, 0.3) is 0 Å². The Morgan fingerprint density at radius 2 is 2.00 bits per heavy atom. The van der Waals surface area contributed by atoms with Gasteiger partial charge < -0.3 is 11.1 Å². The zero-order valence-corrected chi connectivity index (χ0v) is 11.0. The molecule has 2 nitrogen and oxygen atoms in total. The fourth-order valence-electron chi connectivity index (χ4n) is 1.66. The van der Waals surface area contributed by atoms with Gasteiger partial charge in [0.05, 0.1) is 11.4 Å². The molecule has 0 aliphatic heterocycles. The molecule has 0 radical (unpaired) electrons. The summed E-state index contributed by atoms with van der Waals surface area (Å²) in [7, 11) is 0. The maximum absolute atomic E-state index is 13.5. The average Bonchev–Trinajstić information content (AvgIpc) is 2.64. The van der Waals surface area contributed by atoms with E-state index >= 15 is 0 Å². The number of hydrogen-bond donors (Lipinski definition) is 2. The molecule has 18 heavy (non-hydrogen) atoms. The van der Waals surface area contributed by atoms with Crippen molar-refractivity contribution in [1.82, 2.24) is 0 Å². The maximum Gasteiger partial charge on any atom is 0.183 e. The number of aryl methyl sites for hydroxylation is 2. The van der Waals surface area contributed by atoms with Gasteiger partial charge in [0.15, 0.2) is 11.6 Å². The van der Waals surface area contributed by atoms with E-state index in [2.05, 4.69) is 5.32 Å². The van der Waals surface area contributed by atoms with E-state index in [0.29, 0.717) is 6.54 Å². The molecule has 0 amide bonds. The van der Waals surface area contributed by atoms with Crippen molar-refractivity contribution in [3.63, 3.8) is 0 Å². The number of nitrogens with one attached hydrogen (secondary N) is 1. The predicted octanol–water partition coefficient (Wildman–Crippen LogP) is 3.84. The Bertz CT molecular complexity index is 559. The quantitative estimate of drug-likeness (QED) is 0.830. The van der Waals surface area contributed by atoms with Crippen LogP contribution in [0.5, 0.6) is 0 Å². The Labute approximate surface area is 108 Å². The monoisotopic (exact) mass is 268 g/mol. The molecule has 1 heterocycles. The second kappa shape index (κ2) is 4.94. The fourth-order valence-corrected chi connectivity index (χ4v) is 2.65. The minimum Gasteiger partial charge on any atom is -0.397 e. The molecule has 0 aliphatic rings. The van der Waals surface area contributed by atoms with Crippen LogP contribution in [0.15, 0.2) is 18.2 Å². The summed E-state index contributed by atoms with van der Waals surface area (Å²) in [4.78, 5) is 2.28. The third kappa shape index (κ3) is 2.46. The second-order valence-electron chi connectivity index (χ2n) is 4.13. The topological polar surface area (TPSA) is 38.0 Å². The van der Waals surface area contributed by atoms with Crippen LogP contribution in [-0.2, 0) is 6.54 Å². The summed E-state index contributed by atoms with van der Waals surface area (Å²) in [5.74, 6) is -1.83. The standard InChI is InChI=1S/C13H14F2N2S/c1-7-5-9(18-8(7)2)6-17-13-11(16)4-3-10(14)12(13)15/h3-5,17H,6,16H2,1-2H3. The summed E-state index contributed by atoms with van der Waals surface area (Å²) in [5, 5.41) is 2.85. The van der Waals surface area contributed by atoms with Crippen molar-refractivity contribution < 1.29 is 8.78 Å². The summed E-state index contributed by atoms with van der Waals surface area (Å²) < 4.78 is 26.6. The molecule has 1 aromatic heterocycles.